The van der Waals surface area contributed by atoms with Gasteiger partial charge in [0.05, 0.1) is 40.3 Å². The van der Waals surface area contributed by atoms with Crippen molar-refractivity contribution in [2.24, 2.45) is 0 Å². The Kier molecular flexibility index (Phi) is 30.4. The van der Waals surface area contributed by atoms with Crippen molar-refractivity contribution < 1.29 is 38.2 Å². The molecule has 0 aliphatic rings. The molecule has 282 valence electrons. The highest BCUT2D eigenvalue weighted by Crippen LogP contribution is 2.10. The molecule has 0 radical (unpaired) electrons. The highest BCUT2D eigenvalue weighted by Gasteiger charge is 2.25. The number of carboxylic acid groups (broad SMARTS) is 1. The monoisotopic (exact) mass is 697 g/mol. The van der Waals surface area contributed by atoms with Gasteiger partial charge in [0.1, 0.15) is 12.6 Å². The number of carboxylic acids is 1. The number of esters is 2. The molecule has 0 rings (SSSR count). The maximum Gasteiger partial charge on any atom is 0.306 e. The van der Waals surface area contributed by atoms with Crippen LogP contribution in [0.3, 0.4) is 0 Å². The van der Waals surface area contributed by atoms with Gasteiger partial charge in [-0.1, -0.05) is 98.9 Å². The Morgan fingerprint density at radius 2 is 1.06 bits per heavy atom. The van der Waals surface area contributed by atoms with E-state index in [2.05, 4.69) is 98.9 Å². The summed E-state index contributed by atoms with van der Waals surface area (Å²) in [5.74, 6) is -1.88. The van der Waals surface area contributed by atoms with Gasteiger partial charge in [0, 0.05) is 19.3 Å². The summed E-state index contributed by atoms with van der Waals surface area (Å²) in [6.07, 6.45) is 40.6. The average molecular weight is 698 g/mol. The highest BCUT2D eigenvalue weighted by atomic mass is 16.6. The topological polar surface area (TPSA) is 102 Å². The molecular weight excluding hydrogens is 630 g/mol. The third kappa shape index (κ3) is 30.6. The quantitative estimate of drug-likeness (QED) is 0.0313. The summed E-state index contributed by atoms with van der Waals surface area (Å²) >= 11 is 0. The minimum absolute atomic E-state index is 0.00395. The van der Waals surface area contributed by atoms with E-state index in [1.165, 1.54) is 0 Å². The number of quaternary nitrogens is 1. The first-order valence-corrected chi connectivity index (χ1v) is 18.6. The van der Waals surface area contributed by atoms with Crippen molar-refractivity contribution in [2.75, 3.05) is 41.0 Å². The van der Waals surface area contributed by atoms with Crippen molar-refractivity contribution in [3.05, 3.63) is 85.1 Å². The summed E-state index contributed by atoms with van der Waals surface area (Å²) in [4.78, 5) is 36.5. The molecule has 8 heteroatoms. The SMILES string of the molecule is CC/C=C/C/C=C/C/C=C/C/C=C/C/C=C/CCCC(=O)OCC(COCCC(C(=O)[O-])[N+](C)(C)C)OC(=O)CCCC/C=C/C/C=C/CC. The minimum Gasteiger partial charge on any atom is -0.544 e. The molecule has 0 spiro atoms. The van der Waals surface area contributed by atoms with Gasteiger partial charge in [-0.05, 0) is 77.0 Å². The van der Waals surface area contributed by atoms with E-state index in [-0.39, 0.29) is 55.5 Å². The first-order valence-electron chi connectivity index (χ1n) is 18.6. The standard InChI is InChI=1S/C42H67NO7/c1-6-8-10-12-14-16-17-18-19-20-21-22-23-25-26-28-30-32-40(44)49-37-38(36-48-35-34-39(42(46)47)43(3,4)5)50-41(45)33-31-29-27-24-15-13-11-9-7-2/h8-11,14-16,18-19,21-22,24-26,38-39H,6-7,12-13,17,20,23,27-37H2,1-5H3/b10-8+,11-9+,16-14+,19-18+,22-21+,24-15+,26-25+. The molecule has 50 heavy (non-hydrogen) atoms. The lowest BCUT2D eigenvalue weighted by Crippen LogP contribution is -2.55. The molecule has 0 aromatic rings. The van der Waals surface area contributed by atoms with Crippen molar-refractivity contribution in [3.63, 3.8) is 0 Å². The van der Waals surface area contributed by atoms with Crippen molar-refractivity contribution in [1.82, 2.24) is 0 Å². The Morgan fingerprint density at radius 1 is 0.600 bits per heavy atom. The van der Waals surface area contributed by atoms with Gasteiger partial charge in [-0.2, -0.15) is 0 Å². The van der Waals surface area contributed by atoms with Gasteiger partial charge in [-0.3, -0.25) is 9.59 Å². The van der Waals surface area contributed by atoms with E-state index < -0.39 is 18.1 Å². The molecule has 2 unspecified atom stereocenters. The second-order valence-corrected chi connectivity index (χ2v) is 13.0. The zero-order chi connectivity index (χ0) is 37.1. The first kappa shape index (κ1) is 46.5. The van der Waals surface area contributed by atoms with E-state index in [9.17, 15) is 19.5 Å². The van der Waals surface area contributed by atoms with Gasteiger partial charge in [-0.15, -0.1) is 0 Å². The molecule has 0 aromatic heterocycles. The number of carbonyl (C=O) groups excluding carboxylic acids is 3. The van der Waals surface area contributed by atoms with E-state index in [4.69, 9.17) is 14.2 Å². The fourth-order valence-corrected chi connectivity index (χ4v) is 4.67. The zero-order valence-corrected chi connectivity index (χ0v) is 31.8. The summed E-state index contributed by atoms with van der Waals surface area (Å²) < 4.78 is 16.9. The molecule has 0 aliphatic heterocycles. The lowest BCUT2D eigenvalue weighted by Gasteiger charge is -2.34. The van der Waals surface area contributed by atoms with Crippen LogP contribution in [0.4, 0.5) is 0 Å². The first-order chi connectivity index (χ1) is 24.1. The van der Waals surface area contributed by atoms with Crippen molar-refractivity contribution >= 4 is 17.9 Å². The largest absolute Gasteiger partial charge is 0.544 e. The van der Waals surface area contributed by atoms with Crippen LogP contribution in [0.5, 0.6) is 0 Å². The summed E-state index contributed by atoms with van der Waals surface area (Å²) in [7, 11) is 5.35. The Morgan fingerprint density at radius 3 is 1.54 bits per heavy atom. The summed E-state index contributed by atoms with van der Waals surface area (Å²) in [5, 5.41) is 11.6. The Hall–Kier alpha value is -3.49. The molecule has 0 aliphatic carbocycles. The maximum absolute atomic E-state index is 12.6. The third-order valence-corrected chi connectivity index (χ3v) is 7.53. The lowest BCUT2D eigenvalue weighted by atomic mass is 10.1. The van der Waals surface area contributed by atoms with Crippen LogP contribution >= 0.6 is 0 Å². The molecule has 0 saturated heterocycles. The van der Waals surface area contributed by atoms with Gasteiger partial charge in [-0.25, -0.2) is 0 Å². The van der Waals surface area contributed by atoms with E-state index >= 15 is 0 Å². The summed E-state index contributed by atoms with van der Waals surface area (Å²) in [5.41, 5.74) is 0. The van der Waals surface area contributed by atoms with Crippen LogP contribution in [0.25, 0.3) is 0 Å². The lowest BCUT2D eigenvalue weighted by molar-refractivity contribution is -0.889. The number of rotatable bonds is 31. The van der Waals surface area contributed by atoms with Gasteiger partial charge < -0.3 is 28.6 Å². The molecule has 0 N–H and O–H groups in total. The van der Waals surface area contributed by atoms with Gasteiger partial charge in [0.25, 0.3) is 0 Å². The number of hydrogen-bond acceptors (Lipinski definition) is 7. The molecule has 0 fully saturated rings. The normalized spacial score (nSPS) is 14.0. The van der Waals surface area contributed by atoms with Crippen LogP contribution in [0, 0.1) is 0 Å². The number of allylic oxidation sites excluding steroid dienone is 14. The Labute approximate surface area is 303 Å². The van der Waals surface area contributed by atoms with Crippen molar-refractivity contribution in [2.45, 2.75) is 122 Å². The molecule has 0 amide bonds. The number of unbranched alkanes of at least 4 members (excludes halogenated alkanes) is 3. The number of carbonyl (C=O) groups is 3. The predicted octanol–water partition coefficient (Wildman–Crippen LogP) is 8.07. The highest BCUT2D eigenvalue weighted by molar-refractivity contribution is 5.70. The van der Waals surface area contributed by atoms with Crippen LogP contribution in [-0.2, 0) is 28.6 Å². The van der Waals surface area contributed by atoms with Gasteiger partial charge in [0.2, 0.25) is 0 Å². The Balaban J connectivity index is 4.54. The second-order valence-electron chi connectivity index (χ2n) is 13.0. The van der Waals surface area contributed by atoms with Crippen molar-refractivity contribution in [1.29, 1.82) is 0 Å². The zero-order valence-electron chi connectivity index (χ0n) is 31.8. The van der Waals surface area contributed by atoms with Gasteiger partial charge in [0.15, 0.2) is 6.10 Å². The average Bonchev–Trinajstić information content (AvgIpc) is 3.06. The molecule has 0 heterocycles. The van der Waals surface area contributed by atoms with E-state index in [1.807, 2.05) is 0 Å². The second kappa shape index (κ2) is 32.7. The minimum atomic E-state index is -1.14. The van der Waals surface area contributed by atoms with Crippen LogP contribution in [-0.4, -0.2) is 75.5 Å². The molecule has 0 aromatic carbocycles. The summed E-state index contributed by atoms with van der Waals surface area (Å²) in [6.45, 7) is 4.28. The van der Waals surface area contributed by atoms with Gasteiger partial charge >= 0.3 is 11.9 Å². The molecular formula is C42H67NO7. The number of ether oxygens (including phenoxy) is 3. The third-order valence-electron chi connectivity index (χ3n) is 7.53. The fraction of sp³-hybridized carbons (Fsp3) is 0.595. The number of nitrogens with zero attached hydrogens (tertiary/aromatic N) is 1. The molecule has 0 bridgehead atoms. The smallest absolute Gasteiger partial charge is 0.306 e. The van der Waals surface area contributed by atoms with E-state index in [1.54, 1.807) is 21.1 Å². The van der Waals surface area contributed by atoms with Crippen LogP contribution < -0.4 is 5.11 Å². The molecule has 8 nitrogen and oxygen atoms in total. The van der Waals surface area contributed by atoms with E-state index in [0.29, 0.717) is 12.8 Å². The Bertz CT molecular complexity index is 1090. The summed E-state index contributed by atoms with van der Waals surface area (Å²) in [6, 6.07) is -0.742. The number of hydrogen-bond donors (Lipinski definition) is 0. The fourth-order valence-electron chi connectivity index (χ4n) is 4.67. The van der Waals surface area contributed by atoms with Crippen molar-refractivity contribution in [3.8, 4) is 0 Å². The van der Waals surface area contributed by atoms with Crippen LogP contribution in [0.2, 0.25) is 0 Å². The number of likely N-dealkylation sites (N-methyl/N-ethyl adjacent to an activating group) is 1. The molecule has 2 atom stereocenters. The van der Waals surface area contributed by atoms with Crippen LogP contribution in [0.15, 0.2) is 85.1 Å². The molecule has 0 saturated carbocycles. The maximum atomic E-state index is 12.6. The van der Waals surface area contributed by atoms with Crippen LogP contribution in [0.1, 0.15) is 110 Å². The van der Waals surface area contributed by atoms with E-state index in [0.717, 1.165) is 64.2 Å². The number of aliphatic carboxylic acids is 1. The predicted molar refractivity (Wildman–Crippen MR) is 203 cm³/mol.